The number of thiocarbonyl (C=S) groups is 1. The number of anilines is 4. The Balaban J connectivity index is 1.01. The summed E-state index contributed by atoms with van der Waals surface area (Å²) >= 11 is 5.68. The predicted molar refractivity (Wildman–Crippen MR) is 214 cm³/mol. The van der Waals surface area contributed by atoms with Crippen LogP contribution in [0.5, 0.6) is 5.75 Å². The molecule has 1 aromatic heterocycles. The molecule has 3 saturated heterocycles. The third kappa shape index (κ3) is 8.91. The predicted octanol–water partition coefficient (Wildman–Crippen LogP) is 4.69. The van der Waals surface area contributed by atoms with Crippen molar-refractivity contribution < 1.29 is 37.1 Å². The van der Waals surface area contributed by atoms with Crippen LogP contribution in [0, 0.1) is 11.3 Å². The van der Waals surface area contributed by atoms with Gasteiger partial charge in [-0.1, -0.05) is 13.0 Å². The number of pyridine rings is 1. The van der Waals surface area contributed by atoms with Gasteiger partial charge in [0.2, 0.25) is 17.7 Å². The number of rotatable bonds is 12. The monoisotopic (exact) mass is 819 g/mol. The van der Waals surface area contributed by atoms with E-state index in [1.165, 1.54) is 6.07 Å². The summed E-state index contributed by atoms with van der Waals surface area (Å²) < 4.78 is 47.4. The minimum Gasteiger partial charge on any atom is -0.492 e. The van der Waals surface area contributed by atoms with Gasteiger partial charge in [-0.05, 0) is 93.9 Å². The molecule has 14 nitrogen and oxygen atoms in total. The summed E-state index contributed by atoms with van der Waals surface area (Å²) in [6, 6.07) is 13.8. The Bertz CT molecular complexity index is 2150. The standard InChI is InChI=1S/C40H44F3N9O5S/c1-5-25-19-28(52-38(58)51(37(56)39(52,3)4)29-21-30(40(41,42)43)32(22-44)45-23-29)9-11-33(25)57-18-17-49-13-15-50(16-14-49)24(2)35(54)47-27-8-6-7-26(20-27)46-31-10-12-34(53)48-36(31)55/h6-9,11,19-21,23-24,31,46H,5,10,12-18H2,1-4H3,(H,47,54)(H,48,53,55)/t24-,31?/m0/s1. The molecule has 4 amide bonds. The van der Waals surface area contributed by atoms with Crippen LogP contribution < -0.4 is 30.5 Å². The second-order valence-corrected chi connectivity index (χ2v) is 15.1. The quantitative estimate of drug-likeness (QED) is 0.171. The van der Waals surface area contributed by atoms with Crippen molar-refractivity contribution in [1.82, 2.24) is 20.1 Å². The van der Waals surface area contributed by atoms with Crippen LogP contribution in [0.4, 0.5) is 35.9 Å². The van der Waals surface area contributed by atoms with E-state index in [-0.39, 0.29) is 41.0 Å². The summed E-state index contributed by atoms with van der Waals surface area (Å²) in [6.07, 6.45) is -2.57. The molecule has 18 heteroatoms. The number of imide groups is 1. The molecule has 0 radical (unpaired) electrons. The van der Waals surface area contributed by atoms with Crippen LogP contribution in [0.3, 0.4) is 0 Å². The maximum Gasteiger partial charge on any atom is 0.419 e. The number of aromatic nitrogens is 1. The lowest BCUT2D eigenvalue weighted by atomic mass is 10.0. The number of nitriles is 1. The van der Waals surface area contributed by atoms with Crippen LogP contribution in [0.15, 0.2) is 54.7 Å². The van der Waals surface area contributed by atoms with Crippen LogP contribution in [0.2, 0.25) is 0 Å². The number of hydrogen-bond donors (Lipinski definition) is 3. The highest BCUT2D eigenvalue weighted by Gasteiger charge is 2.51. The van der Waals surface area contributed by atoms with Gasteiger partial charge in [0.05, 0.1) is 23.5 Å². The normalized spacial score (nSPS) is 19.4. The van der Waals surface area contributed by atoms with E-state index < -0.39 is 34.9 Å². The Morgan fingerprint density at radius 1 is 1.09 bits per heavy atom. The number of nitrogens with one attached hydrogen (secondary N) is 3. The summed E-state index contributed by atoms with van der Waals surface area (Å²) in [5, 5.41) is 17.6. The average molecular weight is 820 g/mol. The number of carbonyl (C=O) groups excluding carboxylic acids is 4. The van der Waals surface area contributed by atoms with Gasteiger partial charge >= 0.3 is 6.18 Å². The molecule has 2 atom stereocenters. The highest BCUT2D eigenvalue weighted by atomic mass is 32.1. The number of hydrogen-bond acceptors (Lipinski definition) is 11. The van der Waals surface area contributed by atoms with Crippen molar-refractivity contribution in [1.29, 1.82) is 5.26 Å². The van der Waals surface area contributed by atoms with Crippen molar-refractivity contribution >= 4 is 63.7 Å². The average Bonchev–Trinajstić information content (AvgIpc) is 3.37. The van der Waals surface area contributed by atoms with Crippen molar-refractivity contribution in [3.8, 4) is 11.8 Å². The summed E-state index contributed by atoms with van der Waals surface area (Å²) in [5.74, 6) is -0.695. The van der Waals surface area contributed by atoms with Crippen molar-refractivity contribution in [3.05, 3.63) is 71.5 Å². The van der Waals surface area contributed by atoms with E-state index in [4.69, 9.17) is 17.0 Å². The zero-order chi connectivity index (χ0) is 41.9. The minimum absolute atomic E-state index is 0.0233. The zero-order valence-corrected chi connectivity index (χ0v) is 33.3. The fourth-order valence-corrected chi connectivity index (χ4v) is 7.77. The molecule has 3 aromatic rings. The first-order chi connectivity index (χ1) is 27.5. The lowest BCUT2D eigenvalue weighted by Gasteiger charge is -2.37. The number of benzene rings is 2. The molecular formula is C40H44F3N9O5S. The van der Waals surface area contributed by atoms with E-state index in [9.17, 15) is 37.6 Å². The number of carbonyl (C=O) groups is 4. The highest BCUT2D eigenvalue weighted by molar-refractivity contribution is 7.81. The number of piperidine rings is 1. The highest BCUT2D eigenvalue weighted by Crippen LogP contribution is 2.40. The van der Waals surface area contributed by atoms with Gasteiger partial charge in [-0.25, -0.2) is 4.98 Å². The molecule has 3 N–H and O–H groups in total. The number of ether oxygens (including phenoxy) is 1. The van der Waals surface area contributed by atoms with E-state index in [2.05, 4.69) is 30.7 Å². The number of aryl methyl sites for hydroxylation is 1. The Kier molecular flexibility index (Phi) is 12.4. The maximum absolute atomic E-state index is 13.7. The Labute approximate surface area is 339 Å². The van der Waals surface area contributed by atoms with Gasteiger partial charge in [0, 0.05) is 56.2 Å². The van der Waals surface area contributed by atoms with Crippen LogP contribution in [0.25, 0.3) is 0 Å². The van der Waals surface area contributed by atoms with Gasteiger partial charge in [-0.3, -0.25) is 39.2 Å². The van der Waals surface area contributed by atoms with Crippen LogP contribution >= 0.6 is 12.2 Å². The van der Waals surface area contributed by atoms with Crippen LogP contribution in [-0.4, -0.2) is 100 Å². The molecule has 3 fully saturated rings. The molecule has 3 aliphatic rings. The molecule has 2 aromatic carbocycles. The minimum atomic E-state index is -4.86. The summed E-state index contributed by atoms with van der Waals surface area (Å²) in [4.78, 5) is 61.1. The van der Waals surface area contributed by atoms with E-state index in [0.29, 0.717) is 61.9 Å². The van der Waals surface area contributed by atoms with Gasteiger partial charge in [0.25, 0.3) is 5.91 Å². The SMILES string of the molecule is CCc1cc(N2C(=S)N(c3cnc(C#N)c(C(F)(F)F)c3)C(=O)C2(C)C)ccc1OCCN1CCN([C@@H](C)C(=O)Nc2cccc(NC3CCC(=O)NC3=O)c2)CC1. The smallest absolute Gasteiger partial charge is 0.419 e. The molecule has 0 spiro atoms. The molecule has 3 aliphatic heterocycles. The topological polar surface area (TPSA) is 163 Å². The van der Waals surface area contributed by atoms with Gasteiger partial charge in [0.15, 0.2) is 10.8 Å². The molecule has 306 valence electrons. The molecular weight excluding hydrogens is 776 g/mol. The number of nitrogens with zero attached hydrogens (tertiary/aromatic N) is 6. The molecule has 58 heavy (non-hydrogen) atoms. The third-order valence-electron chi connectivity index (χ3n) is 10.6. The van der Waals surface area contributed by atoms with Crippen molar-refractivity contribution in [3.63, 3.8) is 0 Å². The van der Waals surface area contributed by atoms with Crippen molar-refractivity contribution in [2.45, 2.75) is 70.8 Å². The van der Waals surface area contributed by atoms with Gasteiger partial charge in [-0.2, -0.15) is 18.4 Å². The molecule has 0 saturated carbocycles. The van der Waals surface area contributed by atoms with Crippen LogP contribution in [-0.2, 0) is 31.8 Å². The fourth-order valence-electron chi connectivity index (χ4n) is 7.25. The molecule has 6 rings (SSSR count). The molecule has 4 heterocycles. The summed E-state index contributed by atoms with van der Waals surface area (Å²) in [6.45, 7) is 11.0. The Morgan fingerprint density at radius 2 is 1.81 bits per heavy atom. The molecule has 1 unspecified atom stereocenters. The first-order valence-electron chi connectivity index (χ1n) is 18.9. The lowest BCUT2D eigenvalue weighted by Crippen LogP contribution is -2.53. The largest absolute Gasteiger partial charge is 0.492 e. The second-order valence-electron chi connectivity index (χ2n) is 14.8. The van der Waals surface area contributed by atoms with Gasteiger partial charge < -0.3 is 20.3 Å². The third-order valence-corrected chi connectivity index (χ3v) is 11.0. The van der Waals surface area contributed by atoms with E-state index in [0.717, 1.165) is 35.8 Å². The number of piperazine rings is 1. The van der Waals surface area contributed by atoms with Gasteiger partial charge in [0.1, 0.15) is 30.0 Å². The molecule has 0 aliphatic carbocycles. The van der Waals surface area contributed by atoms with E-state index >= 15 is 0 Å². The summed E-state index contributed by atoms with van der Waals surface area (Å²) in [5.41, 5.74) is -0.816. The number of halogens is 3. The first-order valence-corrected chi connectivity index (χ1v) is 19.3. The van der Waals surface area contributed by atoms with E-state index in [1.807, 2.05) is 19.9 Å². The number of alkyl halides is 3. The van der Waals surface area contributed by atoms with E-state index in [1.54, 1.807) is 55.1 Å². The second kappa shape index (κ2) is 17.1. The summed E-state index contributed by atoms with van der Waals surface area (Å²) in [7, 11) is 0. The Morgan fingerprint density at radius 3 is 2.48 bits per heavy atom. The lowest BCUT2D eigenvalue weighted by molar-refractivity contribution is -0.138. The van der Waals surface area contributed by atoms with Crippen molar-refractivity contribution in [2.24, 2.45) is 0 Å². The fraction of sp³-hybridized carbons (Fsp3) is 0.425. The zero-order valence-electron chi connectivity index (χ0n) is 32.5. The molecule has 0 bridgehead atoms. The van der Waals surface area contributed by atoms with Crippen LogP contribution in [0.1, 0.15) is 57.4 Å². The van der Waals surface area contributed by atoms with Gasteiger partial charge in [-0.15, -0.1) is 0 Å². The number of amides is 4. The maximum atomic E-state index is 13.7. The van der Waals surface area contributed by atoms with Crippen molar-refractivity contribution in [2.75, 3.05) is 59.8 Å². The Hall–Kier alpha value is -5.64. The first kappa shape index (κ1) is 42.0.